The van der Waals surface area contributed by atoms with E-state index < -0.39 is 0 Å². The lowest BCUT2D eigenvalue weighted by molar-refractivity contribution is -0.149. The molecule has 4 aliphatic carbocycles. The number of hydrogen-bond donors (Lipinski definition) is 1. The molecule has 1 aromatic heterocycles. The normalized spacial score (nSPS) is 32.5. The van der Waals surface area contributed by atoms with Crippen molar-refractivity contribution in [3.8, 4) is 0 Å². The zero-order valence-electron chi connectivity index (χ0n) is 17.8. The molecule has 0 aliphatic heterocycles. The number of amides is 1. The van der Waals surface area contributed by atoms with Gasteiger partial charge in [-0.05, 0) is 87.7 Å². The van der Waals surface area contributed by atoms with Crippen molar-refractivity contribution < 1.29 is 4.79 Å². The molecule has 6 rings (SSSR count). The van der Waals surface area contributed by atoms with Crippen LogP contribution in [0.5, 0.6) is 0 Å². The van der Waals surface area contributed by atoms with Gasteiger partial charge in [0.15, 0.2) is 0 Å². The Labute approximate surface area is 174 Å². The molecule has 0 spiro atoms. The number of nitrogens with zero attached hydrogens (tertiary/aromatic N) is 2. The SMILES string of the molecule is Cc1cc(C)n(CCCNC(=O)C23C[C@H]4C[C@@H](C2)CC(c2ccccc2)(C4)C3)n1. The molecule has 4 atom stereocenters. The summed E-state index contributed by atoms with van der Waals surface area (Å²) >= 11 is 0. The zero-order chi connectivity index (χ0) is 20.1. The molecule has 4 saturated carbocycles. The van der Waals surface area contributed by atoms with E-state index in [1.54, 1.807) is 0 Å². The second-order valence-corrected chi connectivity index (χ2v) is 10.1. The van der Waals surface area contributed by atoms with E-state index in [-0.39, 0.29) is 10.8 Å². The first-order valence-corrected chi connectivity index (χ1v) is 11.3. The molecule has 4 aliphatic rings. The highest BCUT2D eigenvalue weighted by atomic mass is 16.2. The van der Waals surface area contributed by atoms with Crippen molar-refractivity contribution >= 4 is 5.91 Å². The first kappa shape index (κ1) is 18.9. The van der Waals surface area contributed by atoms with Gasteiger partial charge in [-0.2, -0.15) is 5.10 Å². The molecule has 4 heteroatoms. The summed E-state index contributed by atoms with van der Waals surface area (Å²) in [6.07, 6.45) is 8.06. The Morgan fingerprint density at radius 3 is 2.52 bits per heavy atom. The molecule has 2 unspecified atom stereocenters. The Kier molecular flexibility index (Phi) is 4.56. The third-order valence-electron chi connectivity index (χ3n) is 7.86. The summed E-state index contributed by atoms with van der Waals surface area (Å²) in [5, 5.41) is 7.85. The predicted molar refractivity (Wildman–Crippen MR) is 115 cm³/mol. The molecular weight excluding hydrogens is 358 g/mol. The predicted octanol–water partition coefficient (Wildman–Crippen LogP) is 4.54. The van der Waals surface area contributed by atoms with Crippen molar-refractivity contribution in [2.45, 2.75) is 70.8 Å². The van der Waals surface area contributed by atoms with E-state index in [2.05, 4.69) is 58.4 Å². The number of aryl methyl sites for hydroxylation is 3. The highest BCUT2D eigenvalue weighted by Crippen LogP contribution is 2.65. The van der Waals surface area contributed by atoms with Gasteiger partial charge in [0.05, 0.1) is 11.1 Å². The molecule has 1 N–H and O–H groups in total. The molecule has 1 aromatic carbocycles. The van der Waals surface area contributed by atoms with Gasteiger partial charge in [0.2, 0.25) is 5.91 Å². The standard InChI is InChI=1S/C25H33N3O/c1-18-11-19(2)28(27-18)10-6-9-26-23(29)25-15-20-12-21(16-25)14-24(13-20,17-25)22-7-4-3-5-8-22/h3-5,7-8,11,20-21H,6,9-10,12-17H2,1-2H3,(H,26,29)/t20-,21+,24?,25?. The molecule has 0 saturated heterocycles. The Morgan fingerprint density at radius 2 is 1.86 bits per heavy atom. The summed E-state index contributed by atoms with van der Waals surface area (Å²) in [5.74, 6) is 1.76. The van der Waals surface area contributed by atoms with Gasteiger partial charge in [-0.3, -0.25) is 9.48 Å². The highest BCUT2D eigenvalue weighted by molar-refractivity contribution is 5.83. The number of hydrogen-bond acceptors (Lipinski definition) is 2. The molecule has 1 heterocycles. The van der Waals surface area contributed by atoms with Gasteiger partial charge in [-0.25, -0.2) is 0 Å². The van der Waals surface area contributed by atoms with Gasteiger partial charge in [0.1, 0.15) is 0 Å². The lowest BCUT2D eigenvalue weighted by Crippen LogP contribution is -2.59. The lowest BCUT2D eigenvalue weighted by Gasteiger charge is -2.61. The van der Waals surface area contributed by atoms with Gasteiger partial charge in [0.25, 0.3) is 0 Å². The van der Waals surface area contributed by atoms with E-state index in [0.29, 0.717) is 5.91 Å². The number of nitrogens with one attached hydrogen (secondary N) is 1. The van der Waals surface area contributed by atoms with Gasteiger partial charge in [0, 0.05) is 18.8 Å². The number of carbonyl (C=O) groups is 1. The van der Waals surface area contributed by atoms with E-state index in [1.807, 2.05) is 6.92 Å². The van der Waals surface area contributed by atoms with Gasteiger partial charge in [-0.1, -0.05) is 30.3 Å². The van der Waals surface area contributed by atoms with Gasteiger partial charge in [-0.15, -0.1) is 0 Å². The topological polar surface area (TPSA) is 46.9 Å². The first-order valence-electron chi connectivity index (χ1n) is 11.3. The molecule has 0 radical (unpaired) electrons. The van der Waals surface area contributed by atoms with Crippen LogP contribution in [-0.4, -0.2) is 22.2 Å². The maximum atomic E-state index is 13.4. The molecule has 1 amide bonds. The van der Waals surface area contributed by atoms with E-state index in [9.17, 15) is 4.79 Å². The van der Waals surface area contributed by atoms with E-state index in [0.717, 1.165) is 56.3 Å². The molecule has 154 valence electrons. The van der Waals surface area contributed by atoms with Crippen molar-refractivity contribution in [1.29, 1.82) is 0 Å². The van der Waals surface area contributed by atoms with Crippen LogP contribution in [-0.2, 0) is 16.8 Å². The third kappa shape index (κ3) is 3.31. The molecular formula is C25H33N3O. The van der Waals surface area contributed by atoms with E-state index >= 15 is 0 Å². The fourth-order valence-electron chi connectivity index (χ4n) is 7.18. The first-order chi connectivity index (χ1) is 14.0. The smallest absolute Gasteiger partial charge is 0.226 e. The second-order valence-electron chi connectivity index (χ2n) is 10.1. The highest BCUT2D eigenvalue weighted by Gasteiger charge is 2.60. The average molecular weight is 392 g/mol. The largest absolute Gasteiger partial charge is 0.356 e. The maximum absolute atomic E-state index is 13.4. The maximum Gasteiger partial charge on any atom is 0.226 e. The van der Waals surface area contributed by atoms with Crippen LogP contribution in [0.1, 0.15) is 61.9 Å². The number of aromatic nitrogens is 2. The summed E-state index contributed by atoms with van der Waals surface area (Å²) < 4.78 is 2.05. The molecule has 4 fully saturated rings. The monoisotopic (exact) mass is 391 g/mol. The lowest BCUT2D eigenvalue weighted by atomic mass is 9.42. The summed E-state index contributed by atoms with van der Waals surface area (Å²) in [5.41, 5.74) is 3.81. The summed E-state index contributed by atoms with van der Waals surface area (Å²) in [4.78, 5) is 13.4. The third-order valence-corrected chi connectivity index (χ3v) is 7.86. The van der Waals surface area contributed by atoms with Crippen LogP contribution in [0.25, 0.3) is 0 Å². The second kappa shape index (κ2) is 7.00. The summed E-state index contributed by atoms with van der Waals surface area (Å²) in [6, 6.07) is 13.1. The number of benzene rings is 1. The molecule has 2 aromatic rings. The van der Waals surface area contributed by atoms with Crippen molar-refractivity contribution in [3.63, 3.8) is 0 Å². The average Bonchev–Trinajstić information content (AvgIpc) is 3.02. The quantitative estimate of drug-likeness (QED) is 0.735. The van der Waals surface area contributed by atoms with Crippen LogP contribution in [0.4, 0.5) is 0 Å². The van der Waals surface area contributed by atoms with Crippen LogP contribution < -0.4 is 5.32 Å². The summed E-state index contributed by atoms with van der Waals surface area (Å²) in [7, 11) is 0. The fourth-order valence-corrected chi connectivity index (χ4v) is 7.18. The minimum atomic E-state index is -0.141. The Hall–Kier alpha value is -2.10. The minimum absolute atomic E-state index is 0.141. The van der Waals surface area contributed by atoms with Crippen LogP contribution >= 0.6 is 0 Å². The Bertz CT molecular complexity index is 886. The minimum Gasteiger partial charge on any atom is -0.356 e. The molecule has 4 bridgehead atoms. The summed E-state index contributed by atoms with van der Waals surface area (Å²) in [6.45, 7) is 5.73. The number of rotatable bonds is 6. The van der Waals surface area contributed by atoms with Crippen LogP contribution in [0.2, 0.25) is 0 Å². The molecule has 29 heavy (non-hydrogen) atoms. The van der Waals surface area contributed by atoms with Crippen molar-refractivity contribution in [1.82, 2.24) is 15.1 Å². The van der Waals surface area contributed by atoms with Gasteiger partial charge >= 0.3 is 0 Å². The van der Waals surface area contributed by atoms with Crippen molar-refractivity contribution in [2.24, 2.45) is 17.3 Å². The van der Waals surface area contributed by atoms with E-state index in [1.165, 1.54) is 30.5 Å². The Balaban J connectivity index is 1.26. The van der Waals surface area contributed by atoms with Crippen LogP contribution in [0.3, 0.4) is 0 Å². The van der Waals surface area contributed by atoms with Crippen molar-refractivity contribution in [2.75, 3.05) is 6.54 Å². The van der Waals surface area contributed by atoms with Crippen LogP contribution in [0, 0.1) is 31.1 Å². The van der Waals surface area contributed by atoms with E-state index in [4.69, 9.17) is 0 Å². The van der Waals surface area contributed by atoms with Gasteiger partial charge < -0.3 is 5.32 Å². The number of carbonyl (C=O) groups excluding carboxylic acids is 1. The Morgan fingerprint density at radius 1 is 1.14 bits per heavy atom. The molecule has 4 nitrogen and oxygen atoms in total. The van der Waals surface area contributed by atoms with Crippen LogP contribution in [0.15, 0.2) is 36.4 Å². The zero-order valence-corrected chi connectivity index (χ0v) is 17.8. The van der Waals surface area contributed by atoms with Crippen molar-refractivity contribution in [3.05, 3.63) is 53.3 Å². The fraction of sp³-hybridized carbons (Fsp3) is 0.600.